The van der Waals surface area contributed by atoms with Crippen molar-refractivity contribution in [2.24, 2.45) is 5.92 Å². The van der Waals surface area contributed by atoms with Crippen LogP contribution in [0.4, 0.5) is 0 Å². The lowest BCUT2D eigenvalue weighted by atomic mass is 9.96. The minimum atomic E-state index is -0.0521. The van der Waals surface area contributed by atoms with Gasteiger partial charge in [-0.25, -0.2) is 8.80 Å². The maximum absolute atomic E-state index is 13.0. The van der Waals surface area contributed by atoms with E-state index in [1.807, 2.05) is 8.80 Å². The Morgan fingerprint density at radius 2 is 1.45 bits per heavy atom. The fourth-order valence-electron chi connectivity index (χ4n) is 5.17. The molecule has 7 rings (SSSR count). The molecule has 0 saturated carbocycles. The molecule has 0 N–H and O–H groups in total. The lowest BCUT2D eigenvalue weighted by Crippen LogP contribution is -2.26. The summed E-state index contributed by atoms with van der Waals surface area (Å²) in [5.41, 5.74) is 3.00. The zero-order valence-electron chi connectivity index (χ0n) is 23.5. The highest BCUT2D eigenvalue weighted by Crippen LogP contribution is 2.41. The average Bonchev–Trinajstić information content (AvgIpc) is 3.73. The fourth-order valence-corrected chi connectivity index (χ4v) is 8.38. The number of carbonyl (C=O) groups excluding carboxylic acids is 2. The Balaban J connectivity index is 1.31. The molecule has 0 spiro atoms. The Hall–Kier alpha value is -3.00. The zero-order chi connectivity index (χ0) is 30.5. The molecule has 14 heteroatoms. The Bertz CT molecular complexity index is 2050. The number of hydrogen-bond donors (Lipinski definition) is 0. The van der Waals surface area contributed by atoms with Crippen LogP contribution in [-0.2, 0) is 17.8 Å². The van der Waals surface area contributed by atoms with Crippen molar-refractivity contribution >= 4 is 91.3 Å². The third-order valence-electron chi connectivity index (χ3n) is 7.52. The quantitative estimate of drug-likeness (QED) is 0.114. The molecule has 0 bridgehead atoms. The van der Waals surface area contributed by atoms with Gasteiger partial charge in [0.2, 0.25) is 5.78 Å². The number of ether oxygens (including phenoxy) is 1. The van der Waals surface area contributed by atoms with Crippen LogP contribution in [0, 0.1) is 5.92 Å². The predicted octanol–water partition coefficient (Wildman–Crippen LogP) is 7.34. The first-order valence-corrected chi connectivity index (χ1v) is 17.3. The lowest BCUT2D eigenvalue weighted by molar-refractivity contribution is 0.00203. The number of hydrogen-bond acceptors (Lipinski definition) is 10. The van der Waals surface area contributed by atoms with Gasteiger partial charge in [0.15, 0.2) is 27.5 Å². The van der Waals surface area contributed by atoms with Crippen molar-refractivity contribution in [3.8, 4) is 0 Å². The summed E-state index contributed by atoms with van der Waals surface area (Å²) in [5.74, 6) is 1.10. The summed E-state index contributed by atoms with van der Waals surface area (Å²) < 4.78 is 10.0. The van der Waals surface area contributed by atoms with Gasteiger partial charge in [0.25, 0.3) is 0 Å². The van der Waals surface area contributed by atoms with Crippen LogP contribution in [0.3, 0.4) is 0 Å². The maximum Gasteiger partial charge on any atom is 0.245 e. The zero-order valence-corrected chi connectivity index (χ0v) is 27.5. The van der Waals surface area contributed by atoms with Crippen molar-refractivity contribution in [2.45, 2.75) is 43.3 Å². The third kappa shape index (κ3) is 5.41. The van der Waals surface area contributed by atoms with Crippen LogP contribution in [0.5, 0.6) is 0 Å². The van der Waals surface area contributed by atoms with E-state index in [4.69, 9.17) is 27.9 Å². The lowest BCUT2D eigenvalue weighted by Gasteiger charge is -2.26. The van der Waals surface area contributed by atoms with Crippen LogP contribution in [0.25, 0.3) is 21.6 Å². The largest absolute Gasteiger partial charge is 0.372 e. The smallest absolute Gasteiger partial charge is 0.245 e. The van der Waals surface area contributed by atoms with Crippen LogP contribution in [0.2, 0.25) is 10.0 Å². The summed E-state index contributed by atoms with van der Waals surface area (Å²) in [6, 6.07) is 13.7. The molecule has 224 valence electrons. The van der Waals surface area contributed by atoms with Gasteiger partial charge in [-0.05, 0) is 60.0 Å². The minimum absolute atomic E-state index is 0.0411. The van der Waals surface area contributed by atoms with Gasteiger partial charge >= 0.3 is 0 Å². The van der Waals surface area contributed by atoms with E-state index in [1.54, 1.807) is 59.9 Å². The summed E-state index contributed by atoms with van der Waals surface area (Å²) in [7, 11) is 0. The molecule has 5 heterocycles. The summed E-state index contributed by atoms with van der Waals surface area (Å²) in [6.07, 6.45) is 0.828. The number of thioether (sulfide) groups is 2. The van der Waals surface area contributed by atoms with E-state index in [2.05, 4.69) is 34.2 Å². The van der Waals surface area contributed by atoms with Crippen molar-refractivity contribution in [1.29, 1.82) is 0 Å². The summed E-state index contributed by atoms with van der Waals surface area (Å²) in [4.78, 5) is 28.1. The van der Waals surface area contributed by atoms with E-state index in [0.29, 0.717) is 55.4 Å². The molecule has 4 aromatic heterocycles. The topological polar surface area (TPSA) is 104 Å². The van der Waals surface area contributed by atoms with Gasteiger partial charge in [0, 0.05) is 32.5 Å². The van der Waals surface area contributed by atoms with Crippen LogP contribution in [0.15, 0.2) is 58.8 Å². The Morgan fingerprint density at radius 3 is 2.05 bits per heavy atom. The molecule has 44 heavy (non-hydrogen) atoms. The summed E-state index contributed by atoms with van der Waals surface area (Å²) in [5, 5.41) is 21.4. The van der Waals surface area contributed by atoms with E-state index in [1.165, 1.54) is 29.1 Å². The Labute approximate surface area is 274 Å². The van der Waals surface area contributed by atoms with Crippen molar-refractivity contribution in [1.82, 2.24) is 29.2 Å². The van der Waals surface area contributed by atoms with Crippen molar-refractivity contribution < 1.29 is 14.3 Å². The predicted molar refractivity (Wildman–Crippen MR) is 175 cm³/mol. The van der Waals surface area contributed by atoms with Crippen LogP contribution in [0.1, 0.15) is 45.0 Å². The molecule has 9 nitrogen and oxygen atoms in total. The van der Waals surface area contributed by atoms with Crippen molar-refractivity contribution in [2.75, 3.05) is 11.5 Å². The first-order valence-electron chi connectivity index (χ1n) is 13.8. The number of nitrogens with zero attached hydrogens (tertiary/aromatic N) is 6. The number of Topliss-reactive ketones (excluding diaryl/α,β-unsaturated/α-hetero) is 2. The molecule has 1 aliphatic heterocycles. The average molecular weight is 684 g/mol. The number of carbonyl (C=O) groups is 2. The molecule has 0 amide bonds. The van der Waals surface area contributed by atoms with Gasteiger partial charge in [0.1, 0.15) is 4.83 Å². The summed E-state index contributed by atoms with van der Waals surface area (Å²) >= 11 is 16.3. The highest BCUT2D eigenvalue weighted by Gasteiger charge is 2.30. The van der Waals surface area contributed by atoms with E-state index < -0.39 is 0 Å². The molecule has 2 aromatic carbocycles. The Kier molecular flexibility index (Phi) is 8.15. The van der Waals surface area contributed by atoms with Gasteiger partial charge in [-0.15, -0.1) is 31.7 Å². The number of aromatic nitrogens is 6. The number of ketones is 2. The molecule has 1 unspecified atom stereocenters. The van der Waals surface area contributed by atoms with Gasteiger partial charge < -0.3 is 4.74 Å². The normalized spacial score (nSPS) is 15.1. The molecule has 1 aliphatic rings. The SMILES string of the molecule is CC(C)C1Cc2c(sc3c2c2nnc(SCC(=O)c4ccc(Cl)cc4)n2c2nnc(SCC(=O)c4ccc(Cl)cc4)n32)CO1. The van der Waals surface area contributed by atoms with E-state index in [9.17, 15) is 9.59 Å². The molecule has 0 saturated heterocycles. The molecule has 0 radical (unpaired) electrons. The number of halogens is 2. The van der Waals surface area contributed by atoms with Gasteiger partial charge in [-0.3, -0.25) is 9.59 Å². The maximum atomic E-state index is 13.0. The molecule has 6 aromatic rings. The molecule has 0 fully saturated rings. The van der Waals surface area contributed by atoms with Crippen LogP contribution in [-0.4, -0.2) is 58.4 Å². The number of fused-ring (bicyclic) bond motifs is 8. The Morgan fingerprint density at radius 1 is 0.886 bits per heavy atom. The van der Waals surface area contributed by atoms with E-state index in [0.717, 1.165) is 21.5 Å². The molecule has 1 atom stereocenters. The number of benzene rings is 2. The second-order valence-electron chi connectivity index (χ2n) is 10.7. The number of rotatable bonds is 9. The van der Waals surface area contributed by atoms with Crippen molar-refractivity contribution in [3.63, 3.8) is 0 Å². The first-order chi connectivity index (χ1) is 21.3. The standard InChI is InChI=1S/C30H24Cl2N6O3S3/c1-15(2)23-11-20-24(12-41-23)44-27-25(20)26-33-35-29(42-13-21(39)16-3-7-18(31)8-4-16)37(26)28-34-36-30(38(27)28)43-14-22(40)17-5-9-19(32)10-6-17/h3-10,15,23H,11-14H2,1-2H3. The molecular formula is C30H24Cl2N6O3S3. The molecule has 0 aliphatic carbocycles. The monoisotopic (exact) mass is 682 g/mol. The van der Waals surface area contributed by atoms with Gasteiger partial charge in [-0.1, -0.05) is 60.6 Å². The summed E-state index contributed by atoms with van der Waals surface area (Å²) in [6.45, 7) is 4.83. The number of thiophene rings is 1. The second-order valence-corrected chi connectivity index (χ2v) is 14.5. The first kappa shape index (κ1) is 29.7. The van der Waals surface area contributed by atoms with Crippen molar-refractivity contribution in [3.05, 3.63) is 80.1 Å². The van der Waals surface area contributed by atoms with E-state index >= 15 is 0 Å². The van der Waals surface area contributed by atoms with Gasteiger partial charge in [-0.2, -0.15) is 0 Å². The highest BCUT2D eigenvalue weighted by atomic mass is 35.5. The minimum Gasteiger partial charge on any atom is -0.372 e. The van der Waals surface area contributed by atoms with E-state index in [-0.39, 0.29) is 29.2 Å². The third-order valence-corrected chi connectivity index (χ3v) is 11.1. The van der Waals surface area contributed by atoms with Crippen LogP contribution < -0.4 is 0 Å². The molecular weight excluding hydrogens is 659 g/mol. The highest BCUT2D eigenvalue weighted by molar-refractivity contribution is 8.00. The second kappa shape index (κ2) is 12.1. The van der Waals surface area contributed by atoms with Crippen LogP contribution >= 0.6 is 58.1 Å². The van der Waals surface area contributed by atoms with Gasteiger partial charge in [0.05, 0.1) is 29.6 Å². The fraction of sp³-hybridized carbons (Fsp3) is 0.267.